The first-order valence-corrected chi connectivity index (χ1v) is 8.89. The molecule has 1 amide bonds. The minimum atomic E-state index is -0.200. The number of amides is 1. The summed E-state index contributed by atoms with van der Waals surface area (Å²) in [5, 5.41) is 15.4. The molecular formula is C18H24N6O2. The van der Waals surface area contributed by atoms with E-state index < -0.39 is 0 Å². The molecule has 8 heteroatoms. The molecule has 1 N–H and O–H groups in total. The number of carbonyl (C=O) groups is 1. The van der Waals surface area contributed by atoms with Gasteiger partial charge in [0.1, 0.15) is 18.5 Å². The number of fused-ring (bicyclic) bond motifs is 1. The fourth-order valence-electron chi connectivity index (χ4n) is 2.68. The van der Waals surface area contributed by atoms with Gasteiger partial charge in [0.05, 0.1) is 6.54 Å². The first kappa shape index (κ1) is 18.1. The third-order valence-corrected chi connectivity index (χ3v) is 4.16. The van der Waals surface area contributed by atoms with E-state index in [1.165, 1.54) is 6.42 Å². The molecule has 1 aliphatic carbocycles. The van der Waals surface area contributed by atoms with Crippen molar-refractivity contribution in [3.05, 3.63) is 18.0 Å². The van der Waals surface area contributed by atoms with Gasteiger partial charge in [-0.25, -0.2) is 0 Å². The van der Waals surface area contributed by atoms with Crippen LogP contribution in [0.3, 0.4) is 0 Å². The molecular weight excluding hydrogens is 332 g/mol. The van der Waals surface area contributed by atoms with Gasteiger partial charge in [-0.2, -0.15) is 4.52 Å². The van der Waals surface area contributed by atoms with E-state index in [2.05, 4.69) is 32.5 Å². The Hall–Kier alpha value is -2.66. The molecule has 0 aliphatic heterocycles. The molecule has 3 rings (SSSR count). The van der Waals surface area contributed by atoms with E-state index in [1.54, 1.807) is 4.52 Å². The normalized spacial score (nSPS) is 17.1. The van der Waals surface area contributed by atoms with Crippen LogP contribution in [0.15, 0.2) is 12.1 Å². The molecule has 0 aromatic carbocycles. The Kier molecular flexibility index (Phi) is 6.02. The molecule has 2 aromatic heterocycles. The lowest BCUT2D eigenvalue weighted by atomic mass is 10.1. The first-order chi connectivity index (χ1) is 12.6. The van der Waals surface area contributed by atoms with E-state index in [9.17, 15) is 4.79 Å². The van der Waals surface area contributed by atoms with Gasteiger partial charge in [-0.15, -0.1) is 21.2 Å². The summed E-state index contributed by atoms with van der Waals surface area (Å²) >= 11 is 0. The maximum Gasteiger partial charge on any atom is 0.246 e. The quantitative estimate of drug-likeness (QED) is 0.782. The average molecular weight is 356 g/mol. The van der Waals surface area contributed by atoms with Gasteiger partial charge in [0.15, 0.2) is 11.5 Å². The van der Waals surface area contributed by atoms with Crippen molar-refractivity contribution in [3.8, 4) is 11.8 Å². The fraction of sp³-hybridized carbons (Fsp3) is 0.556. The third-order valence-electron chi connectivity index (χ3n) is 4.16. The summed E-state index contributed by atoms with van der Waals surface area (Å²) in [6.07, 6.45) is 5.05. The molecule has 26 heavy (non-hydrogen) atoms. The van der Waals surface area contributed by atoms with Crippen molar-refractivity contribution in [2.24, 2.45) is 0 Å². The zero-order chi connectivity index (χ0) is 18.4. The number of hydrogen-bond acceptors (Lipinski definition) is 6. The molecule has 0 fully saturated rings. The van der Waals surface area contributed by atoms with Crippen LogP contribution in [0, 0.1) is 11.8 Å². The molecule has 138 valence electrons. The number of carbonyl (C=O) groups excluding carboxylic acids is 1. The molecule has 0 bridgehead atoms. The standard InChI is InChI=1S/C18H24N6O2/c1-23(2)16-11-10-15-20-21-17(24(15)22-16)12-19-18(25)13-26-14-8-6-4-3-5-7-9-14/h10-11,14H,3-6,8,12-13H2,1-2H3,(H,19,25). The Morgan fingerprint density at radius 1 is 1.35 bits per heavy atom. The van der Waals surface area contributed by atoms with Gasteiger partial charge in [0, 0.05) is 20.5 Å². The number of aromatic nitrogens is 4. The SMILES string of the molecule is CN(C)c1ccc2nnc(CNC(=O)COC3C#CCCCCC3)n2n1. The first-order valence-electron chi connectivity index (χ1n) is 8.89. The molecule has 0 saturated carbocycles. The van der Waals surface area contributed by atoms with E-state index in [4.69, 9.17) is 4.74 Å². The largest absolute Gasteiger partial charge is 0.361 e. The second-order valence-corrected chi connectivity index (χ2v) is 6.47. The summed E-state index contributed by atoms with van der Waals surface area (Å²) in [5.41, 5.74) is 0.640. The Labute approximate surface area is 152 Å². The number of anilines is 1. The third kappa shape index (κ3) is 4.70. The monoisotopic (exact) mass is 356 g/mol. The van der Waals surface area contributed by atoms with Crippen LogP contribution in [0.5, 0.6) is 0 Å². The Morgan fingerprint density at radius 2 is 2.23 bits per heavy atom. The molecule has 1 atom stereocenters. The van der Waals surface area contributed by atoms with Crippen molar-refractivity contribution in [1.82, 2.24) is 25.1 Å². The van der Waals surface area contributed by atoms with Gasteiger partial charge >= 0.3 is 0 Å². The summed E-state index contributed by atoms with van der Waals surface area (Å²) in [6, 6.07) is 3.72. The van der Waals surface area contributed by atoms with Crippen LogP contribution >= 0.6 is 0 Å². The minimum absolute atomic E-state index is 0.00748. The molecule has 0 spiro atoms. The number of hydrogen-bond donors (Lipinski definition) is 1. The van der Waals surface area contributed by atoms with E-state index >= 15 is 0 Å². The zero-order valence-corrected chi connectivity index (χ0v) is 15.2. The van der Waals surface area contributed by atoms with Crippen molar-refractivity contribution < 1.29 is 9.53 Å². The predicted octanol–water partition coefficient (Wildman–Crippen LogP) is 1.16. The molecule has 2 heterocycles. The smallest absolute Gasteiger partial charge is 0.246 e. The Morgan fingerprint density at radius 3 is 3.08 bits per heavy atom. The highest BCUT2D eigenvalue weighted by molar-refractivity contribution is 5.77. The minimum Gasteiger partial charge on any atom is -0.361 e. The maximum absolute atomic E-state index is 12.1. The summed E-state index contributed by atoms with van der Waals surface area (Å²) in [7, 11) is 3.82. The highest BCUT2D eigenvalue weighted by Gasteiger charge is 2.12. The van der Waals surface area contributed by atoms with Crippen molar-refractivity contribution in [2.75, 3.05) is 25.6 Å². The van der Waals surface area contributed by atoms with E-state index in [0.29, 0.717) is 11.5 Å². The van der Waals surface area contributed by atoms with Gasteiger partial charge in [0.2, 0.25) is 5.91 Å². The second kappa shape index (κ2) is 8.63. The van der Waals surface area contributed by atoms with Crippen molar-refractivity contribution in [1.29, 1.82) is 0 Å². The van der Waals surface area contributed by atoms with Gasteiger partial charge < -0.3 is 15.0 Å². The fourth-order valence-corrected chi connectivity index (χ4v) is 2.68. The zero-order valence-electron chi connectivity index (χ0n) is 15.2. The van der Waals surface area contributed by atoms with Gasteiger partial charge in [-0.05, 0) is 31.4 Å². The van der Waals surface area contributed by atoms with Crippen LogP contribution in [0.4, 0.5) is 5.82 Å². The molecule has 8 nitrogen and oxygen atoms in total. The van der Waals surface area contributed by atoms with Gasteiger partial charge in [0.25, 0.3) is 0 Å². The lowest BCUT2D eigenvalue weighted by Gasteiger charge is -2.13. The number of nitrogens with zero attached hydrogens (tertiary/aromatic N) is 5. The molecule has 0 radical (unpaired) electrons. The van der Waals surface area contributed by atoms with Gasteiger partial charge in [-0.1, -0.05) is 12.3 Å². The second-order valence-electron chi connectivity index (χ2n) is 6.47. The van der Waals surface area contributed by atoms with Crippen LogP contribution in [-0.4, -0.2) is 52.5 Å². The summed E-state index contributed by atoms with van der Waals surface area (Å²) in [4.78, 5) is 14.0. The summed E-state index contributed by atoms with van der Waals surface area (Å²) in [6.45, 7) is 0.232. The van der Waals surface area contributed by atoms with Crippen LogP contribution in [-0.2, 0) is 16.1 Å². The molecule has 1 unspecified atom stereocenters. The molecule has 2 aromatic rings. The highest BCUT2D eigenvalue weighted by atomic mass is 16.5. The van der Waals surface area contributed by atoms with Crippen LogP contribution in [0.1, 0.15) is 37.9 Å². The van der Waals surface area contributed by atoms with Crippen molar-refractivity contribution in [2.45, 2.75) is 44.8 Å². The Bertz CT molecular complexity index is 820. The number of ether oxygens (including phenoxy) is 1. The number of nitrogens with one attached hydrogen (secondary N) is 1. The van der Waals surface area contributed by atoms with Crippen LogP contribution in [0.2, 0.25) is 0 Å². The van der Waals surface area contributed by atoms with Crippen molar-refractivity contribution in [3.63, 3.8) is 0 Å². The highest BCUT2D eigenvalue weighted by Crippen LogP contribution is 2.11. The average Bonchev–Trinajstić information content (AvgIpc) is 3.01. The van der Waals surface area contributed by atoms with E-state index in [0.717, 1.165) is 31.5 Å². The molecule has 0 saturated heterocycles. The maximum atomic E-state index is 12.1. The van der Waals surface area contributed by atoms with Gasteiger partial charge in [-0.3, -0.25) is 4.79 Å². The lowest BCUT2D eigenvalue weighted by molar-refractivity contribution is -0.127. The number of rotatable bonds is 6. The van der Waals surface area contributed by atoms with E-state index in [-0.39, 0.29) is 25.2 Å². The van der Waals surface area contributed by atoms with Crippen LogP contribution < -0.4 is 10.2 Å². The Balaban J connectivity index is 1.54. The van der Waals surface area contributed by atoms with Crippen LogP contribution in [0.25, 0.3) is 5.65 Å². The predicted molar refractivity (Wildman–Crippen MR) is 97.6 cm³/mol. The van der Waals surface area contributed by atoms with E-state index in [1.807, 2.05) is 31.1 Å². The summed E-state index contributed by atoms with van der Waals surface area (Å²) in [5.74, 6) is 7.36. The summed E-state index contributed by atoms with van der Waals surface area (Å²) < 4.78 is 7.27. The topological polar surface area (TPSA) is 84.7 Å². The van der Waals surface area contributed by atoms with Crippen molar-refractivity contribution >= 4 is 17.4 Å². The molecule has 1 aliphatic rings. The lowest BCUT2D eigenvalue weighted by Crippen LogP contribution is -2.30.